The molecule has 1 aromatic heterocycles. The quantitative estimate of drug-likeness (QED) is 0.117. The van der Waals surface area contributed by atoms with Crippen LogP contribution in [0.5, 0.6) is 5.75 Å². The third-order valence-electron chi connectivity index (χ3n) is 6.46. The second kappa shape index (κ2) is 12.9. The Morgan fingerprint density at radius 1 is 1.00 bits per heavy atom. The van der Waals surface area contributed by atoms with Gasteiger partial charge in [0.05, 0.1) is 31.2 Å². The molecule has 8 heteroatoms. The van der Waals surface area contributed by atoms with E-state index in [0.29, 0.717) is 41.3 Å². The zero-order valence-electron chi connectivity index (χ0n) is 22.1. The molecule has 1 atom stereocenters. The molecule has 1 unspecified atom stereocenters. The first-order valence-corrected chi connectivity index (χ1v) is 13.1. The van der Waals surface area contributed by atoms with E-state index in [1.165, 1.54) is 4.90 Å². The van der Waals surface area contributed by atoms with Crippen molar-refractivity contribution in [3.05, 3.63) is 95.3 Å². The molecule has 3 aromatic rings. The van der Waals surface area contributed by atoms with Crippen LogP contribution in [-0.2, 0) is 25.5 Å². The molecular formula is C31H32N2O6. The van der Waals surface area contributed by atoms with Crippen molar-refractivity contribution in [2.75, 3.05) is 18.1 Å². The number of benzene rings is 2. The first-order chi connectivity index (χ1) is 18.9. The first-order valence-electron chi connectivity index (χ1n) is 13.1. The summed E-state index contributed by atoms with van der Waals surface area (Å²) in [5.41, 5.74) is 2.11. The van der Waals surface area contributed by atoms with Crippen LogP contribution in [0.4, 0.5) is 5.69 Å². The molecule has 1 fully saturated rings. The maximum absolute atomic E-state index is 13.3. The van der Waals surface area contributed by atoms with Crippen LogP contribution >= 0.6 is 0 Å². The summed E-state index contributed by atoms with van der Waals surface area (Å²) in [6, 6.07) is 16.2. The summed E-state index contributed by atoms with van der Waals surface area (Å²) in [5.74, 6) is -1.52. The van der Waals surface area contributed by atoms with Crippen molar-refractivity contribution in [1.82, 2.24) is 4.98 Å². The first kappa shape index (κ1) is 27.6. The van der Waals surface area contributed by atoms with Crippen LogP contribution in [0.1, 0.15) is 55.8 Å². The number of hydrogen-bond donors (Lipinski definition) is 1. The third kappa shape index (κ3) is 6.34. The normalized spacial score (nSPS) is 16.4. The smallest absolute Gasteiger partial charge is 0.310 e. The predicted octanol–water partition coefficient (Wildman–Crippen LogP) is 5.38. The minimum absolute atomic E-state index is 0.0276. The van der Waals surface area contributed by atoms with Gasteiger partial charge in [-0.2, -0.15) is 0 Å². The lowest BCUT2D eigenvalue weighted by Crippen LogP contribution is -2.29. The van der Waals surface area contributed by atoms with Crippen LogP contribution in [0, 0.1) is 0 Å². The average Bonchev–Trinajstić information content (AvgIpc) is 3.22. The molecule has 4 rings (SSSR count). The van der Waals surface area contributed by atoms with Gasteiger partial charge >= 0.3 is 5.97 Å². The minimum atomic E-state index is -0.889. The lowest BCUT2D eigenvalue weighted by atomic mass is 9.96. The van der Waals surface area contributed by atoms with E-state index in [4.69, 9.17) is 9.47 Å². The van der Waals surface area contributed by atoms with Crippen LogP contribution in [0.15, 0.2) is 78.6 Å². The second-order valence-corrected chi connectivity index (χ2v) is 9.18. The Kier molecular flexibility index (Phi) is 9.10. The van der Waals surface area contributed by atoms with Gasteiger partial charge < -0.3 is 14.6 Å². The van der Waals surface area contributed by atoms with Crippen molar-refractivity contribution in [2.24, 2.45) is 0 Å². The molecule has 2 heterocycles. The Labute approximate surface area is 227 Å². The van der Waals surface area contributed by atoms with Crippen molar-refractivity contribution in [2.45, 2.75) is 45.6 Å². The van der Waals surface area contributed by atoms with Gasteiger partial charge in [0.1, 0.15) is 11.5 Å². The molecular weight excluding hydrogens is 496 g/mol. The zero-order chi connectivity index (χ0) is 27.8. The molecule has 1 amide bonds. The number of ketones is 1. The number of aliphatic hydroxyl groups excluding tert-OH is 1. The standard InChI is InChI=1S/C31H32N2O6/c1-3-5-6-18-39-25-15-11-22(12-16-25)29(35)27-28(23-8-7-17-32-20-23)33(31(37)30(27)36)24-13-9-21(10-14-24)19-26(34)38-4-2/h7-17,20,28,35H,3-6,18-19H2,1-2H3/b29-27-. The van der Waals surface area contributed by atoms with E-state index in [1.807, 2.05) is 0 Å². The summed E-state index contributed by atoms with van der Waals surface area (Å²) in [6.45, 7) is 4.76. The number of anilines is 1. The van der Waals surface area contributed by atoms with Crippen molar-refractivity contribution >= 4 is 29.1 Å². The Bertz CT molecular complexity index is 1330. The van der Waals surface area contributed by atoms with E-state index in [1.54, 1.807) is 80.0 Å². The summed E-state index contributed by atoms with van der Waals surface area (Å²) in [7, 11) is 0. The Morgan fingerprint density at radius 3 is 2.38 bits per heavy atom. The molecule has 1 aliphatic heterocycles. The highest BCUT2D eigenvalue weighted by atomic mass is 16.5. The van der Waals surface area contributed by atoms with Gasteiger partial charge in [-0.05, 0) is 66.9 Å². The van der Waals surface area contributed by atoms with Crippen molar-refractivity contribution in [3.8, 4) is 5.75 Å². The van der Waals surface area contributed by atoms with Gasteiger partial charge in [0, 0.05) is 23.6 Å². The molecule has 1 N–H and O–H groups in total. The number of rotatable bonds is 11. The van der Waals surface area contributed by atoms with Crippen LogP contribution in [0.25, 0.3) is 5.76 Å². The van der Waals surface area contributed by atoms with Crippen LogP contribution < -0.4 is 9.64 Å². The number of amides is 1. The molecule has 202 valence electrons. The van der Waals surface area contributed by atoms with Gasteiger partial charge in [0.2, 0.25) is 0 Å². The number of aliphatic hydroxyl groups is 1. The number of aromatic nitrogens is 1. The largest absolute Gasteiger partial charge is 0.507 e. The Hall–Kier alpha value is -4.46. The lowest BCUT2D eigenvalue weighted by Gasteiger charge is -2.25. The minimum Gasteiger partial charge on any atom is -0.507 e. The molecule has 0 saturated carbocycles. The number of hydrogen-bond acceptors (Lipinski definition) is 7. The fourth-order valence-electron chi connectivity index (χ4n) is 4.51. The van der Waals surface area contributed by atoms with E-state index < -0.39 is 17.7 Å². The maximum atomic E-state index is 13.3. The molecule has 0 radical (unpaired) electrons. The average molecular weight is 529 g/mol. The van der Waals surface area contributed by atoms with Crippen LogP contribution in [0.2, 0.25) is 0 Å². The summed E-state index contributed by atoms with van der Waals surface area (Å²) in [5, 5.41) is 11.3. The number of carbonyl (C=O) groups is 3. The monoisotopic (exact) mass is 528 g/mol. The van der Waals surface area contributed by atoms with Crippen molar-refractivity contribution in [3.63, 3.8) is 0 Å². The van der Waals surface area contributed by atoms with Crippen LogP contribution in [0.3, 0.4) is 0 Å². The Morgan fingerprint density at radius 2 is 1.74 bits per heavy atom. The van der Waals surface area contributed by atoms with Gasteiger partial charge in [-0.15, -0.1) is 0 Å². The van der Waals surface area contributed by atoms with Crippen molar-refractivity contribution < 1.29 is 29.0 Å². The number of esters is 1. The predicted molar refractivity (Wildman–Crippen MR) is 147 cm³/mol. The van der Waals surface area contributed by atoms with Gasteiger partial charge in [-0.3, -0.25) is 24.3 Å². The number of unbranched alkanes of at least 4 members (excludes halogenated alkanes) is 2. The van der Waals surface area contributed by atoms with Gasteiger partial charge in [-0.1, -0.05) is 38.0 Å². The molecule has 39 heavy (non-hydrogen) atoms. The lowest BCUT2D eigenvalue weighted by molar-refractivity contribution is -0.142. The number of Topliss-reactive ketones (excluding diaryl/α,β-unsaturated/α-hetero) is 1. The molecule has 1 saturated heterocycles. The summed E-state index contributed by atoms with van der Waals surface area (Å²) in [4.78, 5) is 44.0. The van der Waals surface area contributed by atoms with Gasteiger partial charge in [-0.25, -0.2) is 0 Å². The molecule has 0 spiro atoms. The topological polar surface area (TPSA) is 106 Å². The SMILES string of the molecule is CCCCCOc1ccc(/C(O)=C2/C(=O)C(=O)N(c3ccc(CC(=O)OCC)cc3)C2c2cccnc2)cc1. The van der Waals surface area contributed by atoms with E-state index in [9.17, 15) is 19.5 Å². The summed E-state index contributed by atoms with van der Waals surface area (Å²) < 4.78 is 10.8. The number of ether oxygens (including phenoxy) is 2. The molecule has 1 aliphatic rings. The molecule has 0 bridgehead atoms. The number of nitrogens with zero attached hydrogens (tertiary/aromatic N) is 2. The van der Waals surface area contributed by atoms with Crippen molar-refractivity contribution in [1.29, 1.82) is 0 Å². The Balaban J connectivity index is 1.68. The summed E-state index contributed by atoms with van der Waals surface area (Å²) in [6.07, 6.45) is 6.40. The fraction of sp³-hybridized carbons (Fsp3) is 0.290. The molecule has 2 aromatic carbocycles. The number of carbonyl (C=O) groups excluding carboxylic acids is 3. The van der Waals surface area contributed by atoms with Crippen LogP contribution in [-0.4, -0.2) is 41.0 Å². The van der Waals surface area contributed by atoms with Gasteiger partial charge in [0.25, 0.3) is 11.7 Å². The number of pyridine rings is 1. The van der Waals surface area contributed by atoms with E-state index in [0.717, 1.165) is 19.3 Å². The highest BCUT2D eigenvalue weighted by Crippen LogP contribution is 2.42. The summed E-state index contributed by atoms with van der Waals surface area (Å²) >= 11 is 0. The highest BCUT2D eigenvalue weighted by Gasteiger charge is 2.47. The fourth-order valence-corrected chi connectivity index (χ4v) is 4.51. The second-order valence-electron chi connectivity index (χ2n) is 9.18. The molecule has 0 aliphatic carbocycles. The van der Waals surface area contributed by atoms with E-state index >= 15 is 0 Å². The maximum Gasteiger partial charge on any atom is 0.310 e. The molecule has 8 nitrogen and oxygen atoms in total. The van der Waals surface area contributed by atoms with Gasteiger partial charge in [0.15, 0.2) is 0 Å². The van der Waals surface area contributed by atoms with E-state index in [-0.39, 0.29) is 23.7 Å². The highest BCUT2D eigenvalue weighted by molar-refractivity contribution is 6.51. The zero-order valence-corrected chi connectivity index (χ0v) is 22.1. The van der Waals surface area contributed by atoms with E-state index in [2.05, 4.69) is 11.9 Å². The third-order valence-corrected chi connectivity index (χ3v) is 6.46.